The number of amides is 2. The van der Waals surface area contributed by atoms with Crippen LogP contribution in [0.5, 0.6) is 0 Å². The maximum atomic E-state index is 11.5. The summed E-state index contributed by atoms with van der Waals surface area (Å²) < 4.78 is 0. The van der Waals surface area contributed by atoms with E-state index in [1.807, 2.05) is 21.0 Å². The molecule has 0 aliphatic carbocycles. The van der Waals surface area contributed by atoms with Gasteiger partial charge in [-0.15, -0.1) is 0 Å². The number of carbonyl (C=O) groups excluding carboxylic acids is 2. The molecule has 0 bridgehead atoms. The summed E-state index contributed by atoms with van der Waals surface area (Å²) in [6.45, 7) is 3.29. The van der Waals surface area contributed by atoms with Crippen molar-refractivity contribution >= 4 is 11.8 Å². The van der Waals surface area contributed by atoms with E-state index in [1.165, 1.54) is 4.90 Å². The summed E-state index contributed by atoms with van der Waals surface area (Å²) >= 11 is 0. The van der Waals surface area contributed by atoms with E-state index in [9.17, 15) is 9.59 Å². The van der Waals surface area contributed by atoms with Crippen LogP contribution < -0.4 is 0 Å². The lowest BCUT2D eigenvalue weighted by molar-refractivity contribution is -0.139. The zero-order valence-electron chi connectivity index (χ0n) is 9.12. The van der Waals surface area contributed by atoms with E-state index in [4.69, 9.17) is 0 Å². The standard InChI is InChI=1S/C10H18N2O2/c1-8-7-9(13)12(10(8)14)6-4-5-11(2)3/h8H,4-7H2,1-3H3/t8-/m1/s1. The Bertz CT molecular complexity index is 238. The van der Waals surface area contributed by atoms with Gasteiger partial charge in [0.2, 0.25) is 11.8 Å². The minimum absolute atomic E-state index is 0.00578. The number of imide groups is 1. The van der Waals surface area contributed by atoms with Gasteiger partial charge in [-0.3, -0.25) is 14.5 Å². The lowest BCUT2D eigenvalue weighted by Crippen LogP contribution is -2.32. The number of likely N-dealkylation sites (tertiary alicyclic amines) is 1. The summed E-state index contributed by atoms with van der Waals surface area (Å²) in [4.78, 5) is 26.3. The zero-order chi connectivity index (χ0) is 10.7. The highest BCUT2D eigenvalue weighted by Crippen LogP contribution is 2.18. The molecule has 80 valence electrons. The maximum absolute atomic E-state index is 11.5. The van der Waals surface area contributed by atoms with E-state index in [0.717, 1.165) is 13.0 Å². The van der Waals surface area contributed by atoms with E-state index in [1.54, 1.807) is 0 Å². The van der Waals surface area contributed by atoms with Crippen LogP contribution in [0.1, 0.15) is 19.8 Å². The Morgan fingerprint density at radius 3 is 2.50 bits per heavy atom. The monoisotopic (exact) mass is 198 g/mol. The van der Waals surface area contributed by atoms with Crippen molar-refractivity contribution < 1.29 is 9.59 Å². The van der Waals surface area contributed by atoms with Gasteiger partial charge in [0.15, 0.2) is 0 Å². The van der Waals surface area contributed by atoms with Gasteiger partial charge in [-0.2, -0.15) is 0 Å². The van der Waals surface area contributed by atoms with E-state index < -0.39 is 0 Å². The number of carbonyl (C=O) groups is 2. The van der Waals surface area contributed by atoms with Gasteiger partial charge < -0.3 is 4.90 Å². The normalized spacial score (nSPS) is 22.6. The van der Waals surface area contributed by atoms with Crippen molar-refractivity contribution in [3.05, 3.63) is 0 Å². The smallest absolute Gasteiger partial charge is 0.232 e. The molecule has 1 rings (SSSR count). The Balaban J connectivity index is 2.37. The molecule has 1 fully saturated rings. The minimum atomic E-state index is -0.109. The predicted octanol–water partition coefficient (Wildman–Crippen LogP) is 0.333. The lowest BCUT2D eigenvalue weighted by Gasteiger charge is -2.15. The molecule has 1 saturated heterocycles. The summed E-state index contributed by atoms with van der Waals surface area (Å²) in [6.07, 6.45) is 1.25. The maximum Gasteiger partial charge on any atom is 0.232 e. The molecule has 14 heavy (non-hydrogen) atoms. The molecule has 0 aromatic rings. The Morgan fingerprint density at radius 2 is 2.07 bits per heavy atom. The first-order valence-electron chi connectivity index (χ1n) is 5.01. The van der Waals surface area contributed by atoms with Gasteiger partial charge >= 0.3 is 0 Å². The van der Waals surface area contributed by atoms with Crippen molar-refractivity contribution in [3.63, 3.8) is 0 Å². The highest BCUT2D eigenvalue weighted by atomic mass is 16.2. The molecule has 0 aromatic heterocycles. The first-order chi connectivity index (χ1) is 6.52. The minimum Gasteiger partial charge on any atom is -0.309 e. The molecule has 4 heteroatoms. The number of hydrogen-bond donors (Lipinski definition) is 0. The summed E-state index contributed by atoms with van der Waals surface area (Å²) in [5.74, 6) is -0.128. The molecule has 1 atom stereocenters. The second kappa shape index (κ2) is 4.55. The van der Waals surface area contributed by atoms with Crippen LogP contribution in [0.4, 0.5) is 0 Å². The number of nitrogens with zero attached hydrogens (tertiary/aromatic N) is 2. The molecule has 0 spiro atoms. The van der Waals surface area contributed by atoms with Crippen molar-refractivity contribution in [3.8, 4) is 0 Å². The third-order valence-electron chi connectivity index (χ3n) is 2.46. The summed E-state index contributed by atoms with van der Waals surface area (Å²) in [7, 11) is 3.96. The third kappa shape index (κ3) is 2.54. The van der Waals surface area contributed by atoms with E-state index in [-0.39, 0.29) is 17.7 Å². The Hall–Kier alpha value is -0.900. The molecule has 1 aliphatic heterocycles. The largest absolute Gasteiger partial charge is 0.309 e. The highest BCUT2D eigenvalue weighted by molar-refractivity contribution is 6.03. The molecular formula is C10H18N2O2. The van der Waals surface area contributed by atoms with Crippen LogP contribution in [-0.4, -0.2) is 48.8 Å². The van der Waals surface area contributed by atoms with E-state index in [0.29, 0.717) is 13.0 Å². The highest BCUT2D eigenvalue weighted by Gasteiger charge is 2.34. The molecule has 0 unspecified atom stereocenters. The second-order valence-electron chi connectivity index (χ2n) is 4.15. The molecular weight excluding hydrogens is 180 g/mol. The van der Waals surface area contributed by atoms with Crippen LogP contribution in [0.2, 0.25) is 0 Å². The SMILES string of the molecule is C[C@@H]1CC(=O)N(CCCN(C)C)C1=O. The van der Waals surface area contributed by atoms with Gasteiger partial charge in [0, 0.05) is 18.9 Å². The number of hydrogen-bond acceptors (Lipinski definition) is 3. The first-order valence-corrected chi connectivity index (χ1v) is 5.01. The average Bonchev–Trinajstić information content (AvgIpc) is 2.31. The van der Waals surface area contributed by atoms with Gasteiger partial charge in [0.05, 0.1) is 0 Å². The van der Waals surface area contributed by atoms with Crippen LogP contribution in [0.25, 0.3) is 0 Å². The van der Waals surface area contributed by atoms with Crippen molar-refractivity contribution in [2.45, 2.75) is 19.8 Å². The molecule has 4 nitrogen and oxygen atoms in total. The quantitative estimate of drug-likeness (QED) is 0.611. The summed E-state index contributed by atoms with van der Waals surface area (Å²) in [5.41, 5.74) is 0. The molecule has 0 saturated carbocycles. The molecule has 0 N–H and O–H groups in total. The van der Waals surface area contributed by atoms with Crippen LogP contribution in [0.3, 0.4) is 0 Å². The Labute approximate surface area is 84.9 Å². The third-order valence-corrected chi connectivity index (χ3v) is 2.46. The molecule has 1 heterocycles. The second-order valence-corrected chi connectivity index (χ2v) is 4.15. The summed E-state index contributed by atoms with van der Waals surface area (Å²) in [5, 5.41) is 0. The van der Waals surface area contributed by atoms with Crippen LogP contribution in [-0.2, 0) is 9.59 Å². The van der Waals surface area contributed by atoms with Crippen LogP contribution in [0, 0.1) is 5.92 Å². The lowest BCUT2D eigenvalue weighted by atomic mass is 10.1. The van der Waals surface area contributed by atoms with Crippen molar-refractivity contribution in [2.75, 3.05) is 27.2 Å². The van der Waals surface area contributed by atoms with Crippen molar-refractivity contribution in [1.82, 2.24) is 9.80 Å². The van der Waals surface area contributed by atoms with Gasteiger partial charge in [-0.05, 0) is 27.1 Å². The predicted molar refractivity (Wildman–Crippen MR) is 53.7 cm³/mol. The molecule has 0 aromatic carbocycles. The number of rotatable bonds is 4. The average molecular weight is 198 g/mol. The van der Waals surface area contributed by atoms with Gasteiger partial charge in [0.25, 0.3) is 0 Å². The Kier molecular flexibility index (Phi) is 3.63. The fourth-order valence-corrected chi connectivity index (χ4v) is 1.63. The fourth-order valence-electron chi connectivity index (χ4n) is 1.63. The zero-order valence-corrected chi connectivity index (χ0v) is 9.12. The van der Waals surface area contributed by atoms with Gasteiger partial charge in [-0.25, -0.2) is 0 Å². The summed E-state index contributed by atoms with van der Waals surface area (Å²) in [6, 6.07) is 0. The first kappa shape index (κ1) is 11.2. The van der Waals surface area contributed by atoms with Crippen LogP contribution >= 0.6 is 0 Å². The van der Waals surface area contributed by atoms with Gasteiger partial charge in [-0.1, -0.05) is 6.92 Å². The molecule has 2 amide bonds. The topological polar surface area (TPSA) is 40.6 Å². The van der Waals surface area contributed by atoms with Crippen molar-refractivity contribution in [1.29, 1.82) is 0 Å². The van der Waals surface area contributed by atoms with E-state index >= 15 is 0 Å². The molecule has 1 aliphatic rings. The molecule has 0 radical (unpaired) electrons. The van der Waals surface area contributed by atoms with E-state index in [2.05, 4.69) is 4.90 Å². The van der Waals surface area contributed by atoms with Gasteiger partial charge in [0.1, 0.15) is 0 Å². The van der Waals surface area contributed by atoms with Crippen LogP contribution in [0.15, 0.2) is 0 Å². The fraction of sp³-hybridized carbons (Fsp3) is 0.800. The van der Waals surface area contributed by atoms with Crippen molar-refractivity contribution in [2.24, 2.45) is 5.92 Å². The Morgan fingerprint density at radius 1 is 1.43 bits per heavy atom.